The van der Waals surface area contributed by atoms with Crippen LogP contribution in [-0.4, -0.2) is 5.97 Å². The Balaban J connectivity index is 2.14. The monoisotopic (exact) mass is 372 g/mol. The molecule has 3 heteroatoms. The molecule has 0 N–H and O–H groups in total. The lowest BCUT2D eigenvalue weighted by molar-refractivity contribution is -0.299. The molecule has 0 amide bonds. The van der Waals surface area contributed by atoms with Crippen LogP contribution in [0.2, 0.25) is 0 Å². The molecule has 0 saturated heterocycles. The standard InChI is InChI=1S/C24H21O2P/c25-24(26)22-17-10-18-23(22)27(19-11-4-1-5-12-19,20-13-6-2-7-14-20)21-15-8-3-9-16-21/h1-9,11-16H,10,17-18H2. The van der Waals surface area contributed by atoms with E-state index in [1.54, 1.807) is 0 Å². The Morgan fingerprint density at radius 3 is 1.44 bits per heavy atom. The minimum atomic E-state index is -2.25. The molecule has 1 aliphatic rings. The molecule has 0 atom stereocenters. The van der Waals surface area contributed by atoms with Crippen LogP contribution >= 0.6 is 7.26 Å². The highest BCUT2D eigenvalue weighted by molar-refractivity contribution is 7.99. The van der Waals surface area contributed by atoms with Crippen LogP contribution in [0.1, 0.15) is 19.3 Å². The smallest absolute Gasteiger partial charge is 0.140 e. The van der Waals surface area contributed by atoms with Gasteiger partial charge in [-0.05, 0) is 49.2 Å². The van der Waals surface area contributed by atoms with Crippen molar-refractivity contribution in [2.24, 2.45) is 0 Å². The van der Waals surface area contributed by atoms with Gasteiger partial charge >= 0.3 is 0 Å². The SMILES string of the molecule is O=C([O-])C1=C([P+](c2ccccc2)(c2ccccc2)c2ccccc2)CCC1. The van der Waals surface area contributed by atoms with Gasteiger partial charge < -0.3 is 9.90 Å². The number of rotatable bonds is 5. The molecular weight excluding hydrogens is 351 g/mol. The van der Waals surface area contributed by atoms with Gasteiger partial charge in [0.05, 0.1) is 11.3 Å². The van der Waals surface area contributed by atoms with Gasteiger partial charge in [0.2, 0.25) is 0 Å². The average Bonchev–Trinajstić information content (AvgIpc) is 3.22. The van der Waals surface area contributed by atoms with Crippen molar-refractivity contribution in [3.05, 3.63) is 102 Å². The molecule has 0 unspecified atom stereocenters. The molecule has 0 radical (unpaired) electrons. The molecule has 0 fully saturated rings. The summed E-state index contributed by atoms with van der Waals surface area (Å²) in [6.45, 7) is 0. The normalized spacial score (nSPS) is 14.4. The molecule has 27 heavy (non-hydrogen) atoms. The minimum absolute atomic E-state index is 0.500. The number of carbonyl (C=O) groups is 1. The van der Waals surface area contributed by atoms with Crippen molar-refractivity contribution in [1.82, 2.24) is 0 Å². The highest BCUT2D eigenvalue weighted by Crippen LogP contribution is 2.66. The zero-order valence-electron chi connectivity index (χ0n) is 15.0. The summed E-state index contributed by atoms with van der Waals surface area (Å²) in [6, 6.07) is 31.2. The van der Waals surface area contributed by atoms with Gasteiger partial charge in [-0.3, -0.25) is 0 Å². The molecular formula is C24H21O2P. The Bertz CT molecular complexity index is 866. The molecule has 0 saturated carbocycles. The van der Waals surface area contributed by atoms with Gasteiger partial charge in [-0.1, -0.05) is 54.6 Å². The first-order valence-electron chi connectivity index (χ1n) is 9.24. The third-order valence-corrected chi connectivity index (χ3v) is 9.79. The van der Waals surface area contributed by atoms with Gasteiger partial charge in [0.25, 0.3) is 0 Å². The maximum absolute atomic E-state index is 12.0. The van der Waals surface area contributed by atoms with Gasteiger partial charge in [0.1, 0.15) is 23.2 Å². The fourth-order valence-corrected chi connectivity index (χ4v) is 8.98. The van der Waals surface area contributed by atoms with Crippen LogP contribution in [0.4, 0.5) is 0 Å². The molecule has 0 spiro atoms. The summed E-state index contributed by atoms with van der Waals surface area (Å²) >= 11 is 0. The maximum atomic E-state index is 12.0. The minimum Gasteiger partial charge on any atom is -0.545 e. The quantitative estimate of drug-likeness (QED) is 0.646. The number of hydrogen-bond donors (Lipinski definition) is 0. The predicted molar refractivity (Wildman–Crippen MR) is 111 cm³/mol. The number of benzene rings is 3. The highest BCUT2D eigenvalue weighted by Gasteiger charge is 2.51. The van der Waals surface area contributed by atoms with Gasteiger partial charge in [0, 0.05) is 12.0 Å². The molecule has 3 aromatic rings. The van der Waals surface area contributed by atoms with E-state index in [0.29, 0.717) is 12.0 Å². The van der Waals surface area contributed by atoms with Crippen molar-refractivity contribution in [2.45, 2.75) is 19.3 Å². The summed E-state index contributed by atoms with van der Waals surface area (Å²) in [5, 5.41) is 16.6. The first-order chi connectivity index (χ1) is 13.2. The Morgan fingerprint density at radius 2 is 1.07 bits per heavy atom. The second kappa shape index (κ2) is 7.50. The van der Waals surface area contributed by atoms with Crippen molar-refractivity contribution in [2.75, 3.05) is 0 Å². The topological polar surface area (TPSA) is 40.1 Å². The molecule has 0 bridgehead atoms. The third-order valence-electron chi connectivity index (χ3n) is 5.27. The van der Waals surface area contributed by atoms with Crippen molar-refractivity contribution in [3.8, 4) is 0 Å². The lowest BCUT2D eigenvalue weighted by atomic mass is 10.2. The summed E-state index contributed by atoms with van der Waals surface area (Å²) in [5.41, 5.74) is 0.500. The summed E-state index contributed by atoms with van der Waals surface area (Å²) < 4.78 is 0. The Hall–Kier alpha value is -2.70. The second-order valence-corrected chi connectivity index (χ2v) is 10.2. The number of hydrogen-bond acceptors (Lipinski definition) is 2. The van der Waals surface area contributed by atoms with Crippen LogP contribution in [0.25, 0.3) is 0 Å². The molecule has 0 aromatic heterocycles. The van der Waals surface area contributed by atoms with Gasteiger partial charge in [0.15, 0.2) is 0 Å². The van der Waals surface area contributed by atoms with E-state index in [4.69, 9.17) is 0 Å². The molecule has 3 aromatic carbocycles. The fourth-order valence-electron chi connectivity index (χ4n) is 4.19. The number of carboxylic acid groups (broad SMARTS) is 1. The van der Waals surface area contributed by atoms with E-state index in [9.17, 15) is 9.90 Å². The van der Waals surface area contributed by atoms with Crippen LogP contribution in [0.3, 0.4) is 0 Å². The van der Waals surface area contributed by atoms with Crippen LogP contribution in [0.5, 0.6) is 0 Å². The van der Waals surface area contributed by atoms with E-state index >= 15 is 0 Å². The van der Waals surface area contributed by atoms with E-state index in [1.807, 2.05) is 54.6 Å². The Kier molecular flexibility index (Phi) is 4.92. The van der Waals surface area contributed by atoms with Gasteiger partial charge in [-0.2, -0.15) is 0 Å². The van der Waals surface area contributed by atoms with Crippen LogP contribution in [-0.2, 0) is 4.79 Å². The van der Waals surface area contributed by atoms with Crippen molar-refractivity contribution >= 4 is 29.1 Å². The largest absolute Gasteiger partial charge is 0.545 e. The summed E-state index contributed by atoms with van der Waals surface area (Å²) in [6.07, 6.45) is 2.26. The molecule has 2 nitrogen and oxygen atoms in total. The Labute approximate surface area is 160 Å². The van der Waals surface area contributed by atoms with E-state index in [2.05, 4.69) is 36.4 Å². The molecule has 0 heterocycles. The highest BCUT2D eigenvalue weighted by atomic mass is 31.2. The van der Waals surface area contributed by atoms with Crippen molar-refractivity contribution in [1.29, 1.82) is 0 Å². The van der Waals surface area contributed by atoms with Crippen LogP contribution in [0, 0.1) is 0 Å². The zero-order valence-corrected chi connectivity index (χ0v) is 15.9. The van der Waals surface area contributed by atoms with E-state index in [0.717, 1.165) is 18.2 Å². The number of carboxylic acids is 1. The van der Waals surface area contributed by atoms with Gasteiger partial charge in [-0.15, -0.1) is 0 Å². The lowest BCUT2D eigenvalue weighted by Gasteiger charge is -2.29. The first kappa shape index (κ1) is 17.7. The molecule has 0 aliphatic heterocycles. The van der Waals surface area contributed by atoms with Gasteiger partial charge in [-0.25, -0.2) is 0 Å². The first-order valence-corrected chi connectivity index (χ1v) is 11.0. The Morgan fingerprint density at radius 1 is 0.667 bits per heavy atom. The second-order valence-electron chi connectivity index (χ2n) is 6.74. The third kappa shape index (κ3) is 3.01. The lowest BCUT2D eigenvalue weighted by Crippen LogP contribution is -2.34. The van der Waals surface area contributed by atoms with Crippen LogP contribution in [0.15, 0.2) is 102 Å². The fraction of sp³-hybridized carbons (Fsp3) is 0.125. The van der Waals surface area contributed by atoms with Crippen molar-refractivity contribution in [3.63, 3.8) is 0 Å². The molecule has 1 aliphatic carbocycles. The van der Waals surface area contributed by atoms with E-state index < -0.39 is 13.2 Å². The molecule has 4 rings (SSSR count). The average molecular weight is 372 g/mol. The van der Waals surface area contributed by atoms with Crippen molar-refractivity contribution < 1.29 is 9.90 Å². The van der Waals surface area contributed by atoms with E-state index in [-0.39, 0.29) is 0 Å². The van der Waals surface area contributed by atoms with E-state index in [1.165, 1.54) is 15.9 Å². The zero-order chi connectivity index (χ0) is 18.7. The van der Waals surface area contributed by atoms with Crippen LogP contribution < -0.4 is 21.0 Å². The number of aliphatic carboxylic acids is 1. The summed E-state index contributed by atoms with van der Waals surface area (Å²) in [4.78, 5) is 12.0. The maximum Gasteiger partial charge on any atom is 0.140 e. The molecule has 134 valence electrons. The number of carbonyl (C=O) groups excluding carboxylic acids is 1. The summed E-state index contributed by atoms with van der Waals surface area (Å²) in [7, 11) is -2.25. The number of allylic oxidation sites excluding steroid dienone is 1. The predicted octanol–water partition coefficient (Wildman–Crippen LogP) is 3.17. The summed E-state index contributed by atoms with van der Waals surface area (Å²) in [5.74, 6) is -1.02.